The van der Waals surface area contributed by atoms with Gasteiger partial charge in [-0.2, -0.15) is 0 Å². The Morgan fingerprint density at radius 1 is 1.47 bits per heavy atom. The van der Waals surface area contributed by atoms with Gasteiger partial charge in [-0.15, -0.1) is 0 Å². The van der Waals surface area contributed by atoms with Gasteiger partial charge in [-0.1, -0.05) is 32.4 Å². The Bertz CT molecular complexity index is 450. The summed E-state index contributed by atoms with van der Waals surface area (Å²) in [4.78, 5) is 18.5. The molecule has 1 aromatic heterocycles. The maximum atomic E-state index is 12.3. The molecule has 19 heavy (non-hydrogen) atoms. The van der Waals surface area contributed by atoms with Crippen molar-refractivity contribution in [1.29, 1.82) is 0 Å². The Kier molecular flexibility index (Phi) is 4.77. The van der Waals surface area contributed by atoms with Crippen LogP contribution in [-0.4, -0.2) is 32.9 Å². The molecule has 0 aliphatic carbocycles. The van der Waals surface area contributed by atoms with Crippen LogP contribution in [0, 0.1) is 0 Å². The molecule has 0 unspecified atom stereocenters. The molecule has 2 rings (SSSR count). The summed E-state index contributed by atoms with van der Waals surface area (Å²) in [7, 11) is 0. The van der Waals surface area contributed by atoms with Gasteiger partial charge in [0.2, 0.25) is 5.91 Å². The second-order valence-electron chi connectivity index (χ2n) is 4.97. The van der Waals surface area contributed by atoms with Crippen molar-refractivity contribution in [3.8, 4) is 0 Å². The lowest BCUT2D eigenvalue weighted by atomic mass is 10.1. The van der Waals surface area contributed by atoms with Crippen LogP contribution in [-0.2, 0) is 17.8 Å². The van der Waals surface area contributed by atoms with Crippen molar-refractivity contribution in [2.45, 2.75) is 52.1 Å². The van der Waals surface area contributed by atoms with Gasteiger partial charge in [0.25, 0.3) is 0 Å². The summed E-state index contributed by atoms with van der Waals surface area (Å²) in [5, 5.41) is 0. The quantitative estimate of drug-likeness (QED) is 0.738. The molecule has 4 heteroatoms. The van der Waals surface area contributed by atoms with E-state index in [0.29, 0.717) is 12.5 Å². The zero-order chi connectivity index (χ0) is 13.7. The minimum atomic E-state index is 0.249. The number of hydrogen-bond donors (Lipinski definition) is 0. The Morgan fingerprint density at radius 3 is 3.05 bits per heavy atom. The zero-order valence-electron chi connectivity index (χ0n) is 11.9. The van der Waals surface area contributed by atoms with Gasteiger partial charge in [-0.05, 0) is 6.42 Å². The van der Waals surface area contributed by atoms with E-state index in [-0.39, 0.29) is 5.91 Å². The van der Waals surface area contributed by atoms with E-state index in [9.17, 15) is 4.79 Å². The Hall–Kier alpha value is -1.58. The van der Waals surface area contributed by atoms with Crippen molar-refractivity contribution in [2.24, 2.45) is 0 Å². The number of rotatable bonds is 6. The van der Waals surface area contributed by atoms with Gasteiger partial charge in [0.1, 0.15) is 5.82 Å². The molecule has 0 radical (unpaired) electrons. The highest BCUT2D eigenvalue weighted by atomic mass is 16.2. The van der Waals surface area contributed by atoms with Crippen LogP contribution in [0.5, 0.6) is 0 Å². The Morgan fingerprint density at radius 2 is 2.32 bits per heavy atom. The minimum absolute atomic E-state index is 0.249. The molecule has 1 aliphatic rings. The monoisotopic (exact) mass is 261 g/mol. The Labute approximate surface area is 115 Å². The van der Waals surface area contributed by atoms with Crippen LogP contribution in [0.1, 0.15) is 38.9 Å². The van der Waals surface area contributed by atoms with Gasteiger partial charge in [-0.3, -0.25) is 4.79 Å². The molecule has 0 fully saturated rings. The lowest BCUT2D eigenvalue weighted by Gasteiger charge is -2.24. The molecular weight excluding hydrogens is 238 g/mol. The summed E-state index contributed by atoms with van der Waals surface area (Å²) in [6.07, 6.45) is 11.7. The first-order valence-electron chi connectivity index (χ1n) is 7.22. The summed E-state index contributed by atoms with van der Waals surface area (Å²) in [6.45, 7) is 5.75. The van der Waals surface area contributed by atoms with E-state index in [1.54, 1.807) is 6.20 Å². The Balaban J connectivity index is 1.88. The van der Waals surface area contributed by atoms with Crippen molar-refractivity contribution in [1.82, 2.24) is 14.5 Å². The molecule has 1 amide bonds. The number of aryl methyl sites for hydroxylation is 2. The van der Waals surface area contributed by atoms with Gasteiger partial charge in [0.15, 0.2) is 0 Å². The highest BCUT2D eigenvalue weighted by Crippen LogP contribution is 2.16. The average molecular weight is 261 g/mol. The highest BCUT2D eigenvalue weighted by Gasteiger charge is 2.23. The van der Waals surface area contributed by atoms with Crippen LogP contribution in [0.3, 0.4) is 0 Å². The fraction of sp³-hybridized carbons (Fsp3) is 0.600. The summed E-state index contributed by atoms with van der Waals surface area (Å²) < 4.78 is 2.08. The molecule has 0 spiro atoms. The smallest absolute Gasteiger partial charge is 0.225 e. The van der Waals surface area contributed by atoms with Gasteiger partial charge < -0.3 is 9.47 Å². The van der Waals surface area contributed by atoms with Gasteiger partial charge in [0, 0.05) is 38.3 Å². The molecule has 1 aromatic rings. The predicted molar refractivity (Wildman–Crippen MR) is 75.8 cm³/mol. The molecule has 1 aliphatic heterocycles. The van der Waals surface area contributed by atoms with Crippen molar-refractivity contribution in [3.63, 3.8) is 0 Å². The van der Waals surface area contributed by atoms with Crippen molar-refractivity contribution in [3.05, 3.63) is 30.4 Å². The molecule has 1 atom stereocenters. The summed E-state index contributed by atoms with van der Waals surface area (Å²) >= 11 is 0. The molecule has 2 heterocycles. The number of aromatic nitrogens is 2. The number of carbonyl (C=O) groups is 1. The fourth-order valence-corrected chi connectivity index (χ4v) is 2.62. The summed E-state index contributed by atoms with van der Waals surface area (Å²) in [5.41, 5.74) is 0. The molecule has 104 valence electrons. The maximum Gasteiger partial charge on any atom is 0.225 e. The largest absolute Gasteiger partial charge is 0.334 e. The third-order valence-electron chi connectivity index (χ3n) is 3.65. The van der Waals surface area contributed by atoms with Crippen LogP contribution in [0.2, 0.25) is 0 Å². The average Bonchev–Trinajstić information content (AvgIpc) is 3.04. The van der Waals surface area contributed by atoms with E-state index in [4.69, 9.17) is 0 Å². The third-order valence-corrected chi connectivity index (χ3v) is 3.65. The first-order valence-corrected chi connectivity index (χ1v) is 7.22. The molecule has 0 N–H and O–H groups in total. The maximum absolute atomic E-state index is 12.3. The minimum Gasteiger partial charge on any atom is -0.334 e. The van der Waals surface area contributed by atoms with Crippen molar-refractivity contribution in [2.75, 3.05) is 6.54 Å². The van der Waals surface area contributed by atoms with E-state index in [2.05, 4.69) is 35.6 Å². The van der Waals surface area contributed by atoms with Crippen molar-refractivity contribution < 1.29 is 4.79 Å². The number of hydrogen-bond acceptors (Lipinski definition) is 2. The highest BCUT2D eigenvalue weighted by molar-refractivity contribution is 5.77. The molecule has 0 saturated heterocycles. The molecular formula is C15H23N3O. The van der Waals surface area contributed by atoms with Gasteiger partial charge in [0.05, 0.1) is 6.04 Å². The summed E-state index contributed by atoms with van der Waals surface area (Å²) in [6, 6.07) is 0.311. The van der Waals surface area contributed by atoms with Crippen LogP contribution in [0.4, 0.5) is 0 Å². The first-order chi connectivity index (χ1) is 9.26. The second-order valence-corrected chi connectivity index (χ2v) is 4.97. The summed E-state index contributed by atoms with van der Waals surface area (Å²) in [5.74, 6) is 1.30. The lowest BCUT2D eigenvalue weighted by Crippen LogP contribution is -2.36. The number of nitrogens with zero attached hydrogens (tertiary/aromatic N) is 3. The number of imidazole rings is 1. The topological polar surface area (TPSA) is 38.1 Å². The van der Waals surface area contributed by atoms with Crippen LogP contribution < -0.4 is 0 Å². The number of amides is 1. The van der Waals surface area contributed by atoms with Crippen LogP contribution in [0.25, 0.3) is 0 Å². The lowest BCUT2D eigenvalue weighted by molar-refractivity contribution is -0.131. The normalized spacial score (nSPS) is 18.2. The SMILES string of the molecule is CCC[C@H]1C=CCN1C(=O)CCn1ccnc1CC. The molecule has 4 nitrogen and oxygen atoms in total. The fourth-order valence-electron chi connectivity index (χ4n) is 2.62. The van der Waals surface area contributed by atoms with E-state index < -0.39 is 0 Å². The van der Waals surface area contributed by atoms with Crippen LogP contribution in [0.15, 0.2) is 24.5 Å². The standard InChI is InChI=1S/C15H23N3O/c1-3-6-13-7-5-10-18(13)15(19)8-11-17-12-9-16-14(17)4-2/h5,7,9,12-13H,3-4,6,8,10-11H2,1-2H3/t13-/m0/s1. The van der Waals surface area contributed by atoms with Gasteiger partial charge in [-0.25, -0.2) is 4.98 Å². The van der Waals surface area contributed by atoms with Gasteiger partial charge >= 0.3 is 0 Å². The van der Waals surface area contributed by atoms with E-state index in [1.165, 1.54) is 0 Å². The van der Waals surface area contributed by atoms with E-state index in [1.807, 2.05) is 11.1 Å². The van der Waals surface area contributed by atoms with Crippen LogP contribution >= 0.6 is 0 Å². The number of carbonyl (C=O) groups excluding carboxylic acids is 1. The van der Waals surface area contributed by atoms with E-state index >= 15 is 0 Å². The predicted octanol–water partition coefficient (Wildman–Crippen LogP) is 2.40. The molecule has 0 saturated carbocycles. The second kappa shape index (κ2) is 6.55. The molecule has 0 bridgehead atoms. The molecule has 0 aromatic carbocycles. The van der Waals surface area contributed by atoms with Crippen molar-refractivity contribution >= 4 is 5.91 Å². The van der Waals surface area contributed by atoms with E-state index in [0.717, 1.165) is 38.2 Å². The first kappa shape index (κ1) is 13.8. The zero-order valence-corrected chi connectivity index (χ0v) is 11.9. The third kappa shape index (κ3) is 3.25.